The van der Waals surface area contributed by atoms with Gasteiger partial charge in [0, 0.05) is 35.6 Å². The van der Waals surface area contributed by atoms with Crippen LogP contribution >= 0.6 is 0 Å². The summed E-state index contributed by atoms with van der Waals surface area (Å²) in [5.74, 6) is -1.39. The Balaban J connectivity index is 1.56. The molecule has 0 fully saturated rings. The molecular weight excluding hydrogens is 476 g/mol. The van der Waals surface area contributed by atoms with Crippen molar-refractivity contribution in [1.82, 2.24) is 9.29 Å². The van der Waals surface area contributed by atoms with E-state index in [1.54, 1.807) is 13.1 Å². The number of benzene rings is 3. The van der Waals surface area contributed by atoms with E-state index in [2.05, 4.69) is 4.98 Å². The Kier molecular flexibility index (Phi) is 6.30. The number of aryl methyl sites for hydroxylation is 1. The summed E-state index contributed by atoms with van der Waals surface area (Å²) in [4.78, 5) is 16.1. The molecule has 0 unspecified atom stereocenters. The summed E-state index contributed by atoms with van der Waals surface area (Å²) in [6.45, 7) is 2.02. The maximum atomic E-state index is 13.9. The molecule has 0 aliphatic heterocycles. The highest BCUT2D eigenvalue weighted by atomic mass is 32.2. The standard InChI is InChI=1S/C28H24N2O5S/c1-19-24-17-23(12-13-25(24)35-27(19)28(31)32)36(33,34)30(16-14-20-7-3-2-4-8-20)18-22-10-5-9-21-11-6-15-29-26(21)22/h2-13,15,17H,14,16,18H2,1H3,(H,31,32). The predicted octanol–water partition coefficient (Wildman–Crippen LogP) is 5.42. The van der Waals surface area contributed by atoms with Crippen molar-refractivity contribution < 1.29 is 22.7 Å². The molecule has 36 heavy (non-hydrogen) atoms. The number of rotatable bonds is 8. The van der Waals surface area contributed by atoms with Gasteiger partial charge in [0.1, 0.15) is 5.58 Å². The van der Waals surface area contributed by atoms with E-state index >= 15 is 0 Å². The number of sulfonamides is 1. The van der Waals surface area contributed by atoms with Gasteiger partial charge in [-0.05, 0) is 48.7 Å². The second-order valence-corrected chi connectivity index (χ2v) is 10.5. The lowest BCUT2D eigenvalue weighted by Gasteiger charge is -2.23. The van der Waals surface area contributed by atoms with Crippen LogP contribution in [0.2, 0.25) is 0 Å². The number of hydrogen-bond acceptors (Lipinski definition) is 5. The van der Waals surface area contributed by atoms with E-state index in [1.807, 2.05) is 60.7 Å². The first kappa shape index (κ1) is 23.7. The molecule has 182 valence electrons. The first-order chi connectivity index (χ1) is 17.3. The van der Waals surface area contributed by atoms with Gasteiger partial charge in [-0.25, -0.2) is 13.2 Å². The average Bonchev–Trinajstić information content (AvgIpc) is 3.23. The highest BCUT2D eigenvalue weighted by molar-refractivity contribution is 7.89. The van der Waals surface area contributed by atoms with E-state index in [0.29, 0.717) is 23.0 Å². The van der Waals surface area contributed by atoms with Gasteiger partial charge >= 0.3 is 5.97 Å². The Bertz CT molecular complexity index is 1670. The molecule has 0 amide bonds. The SMILES string of the molecule is Cc1c(C(=O)O)oc2ccc(S(=O)(=O)N(CCc3ccccc3)Cc3cccc4cccnc34)cc12. The van der Waals surface area contributed by atoms with Gasteiger partial charge in [0.25, 0.3) is 0 Å². The quantitative estimate of drug-likeness (QED) is 0.305. The maximum Gasteiger partial charge on any atom is 0.372 e. The topological polar surface area (TPSA) is 101 Å². The Morgan fingerprint density at radius 2 is 1.78 bits per heavy atom. The summed E-state index contributed by atoms with van der Waals surface area (Å²) < 4.78 is 34.8. The number of hydrogen-bond donors (Lipinski definition) is 1. The van der Waals surface area contributed by atoms with Gasteiger partial charge < -0.3 is 9.52 Å². The van der Waals surface area contributed by atoms with Crippen LogP contribution < -0.4 is 0 Å². The maximum absolute atomic E-state index is 13.9. The Morgan fingerprint density at radius 3 is 2.56 bits per heavy atom. The average molecular weight is 501 g/mol. The molecule has 0 bridgehead atoms. The fraction of sp³-hybridized carbons (Fsp3) is 0.143. The molecule has 0 saturated carbocycles. The number of furan rings is 1. The fourth-order valence-corrected chi connectivity index (χ4v) is 5.83. The van der Waals surface area contributed by atoms with Crippen LogP contribution in [0.1, 0.15) is 27.2 Å². The van der Waals surface area contributed by atoms with Crippen LogP contribution in [0.3, 0.4) is 0 Å². The number of para-hydroxylation sites is 1. The van der Waals surface area contributed by atoms with Crippen LogP contribution in [-0.4, -0.2) is 35.3 Å². The summed E-state index contributed by atoms with van der Waals surface area (Å²) in [5, 5.41) is 10.8. The Hall–Kier alpha value is -4.01. The van der Waals surface area contributed by atoms with E-state index in [0.717, 1.165) is 22.0 Å². The van der Waals surface area contributed by atoms with Crippen LogP contribution in [0.4, 0.5) is 0 Å². The molecule has 5 rings (SSSR count). The van der Waals surface area contributed by atoms with Gasteiger partial charge in [-0.2, -0.15) is 4.31 Å². The first-order valence-electron chi connectivity index (χ1n) is 11.5. The summed E-state index contributed by atoms with van der Waals surface area (Å²) in [7, 11) is -3.94. The zero-order chi connectivity index (χ0) is 25.3. The lowest BCUT2D eigenvalue weighted by molar-refractivity contribution is 0.0664. The van der Waals surface area contributed by atoms with Crippen molar-refractivity contribution in [3.05, 3.63) is 108 Å². The minimum absolute atomic E-state index is 0.0806. The van der Waals surface area contributed by atoms with Gasteiger partial charge in [-0.3, -0.25) is 4.98 Å². The summed E-state index contributed by atoms with van der Waals surface area (Å²) in [6, 6.07) is 23.7. The van der Waals surface area contributed by atoms with Crippen molar-refractivity contribution in [2.24, 2.45) is 0 Å². The molecule has 0 spiro atoms. The molecule has 3 aromatic carbocycles. The van der Waals surface area contributed by atoms with Gasteiger partial charge in [0.05, 0.1) is 10.4 Å². The number of nitrogens with zero attached hydrogens (tertiary/aromatic N) is 2. The molecule has 0 saturated heterocycles. The van der Waals surface area contributed by atoms with Crippen LogP contribution in [0, 0.1) is 6.92 Å². The van der Waals surface area contributed by atoms with Crippen LogP contribution in [0.25, 0.3) is 21.9 Å². The largest absolute Gasteiger partial charge is 0.475 e. The minimum atomic E-state index is -3.94. The van der Waals surface area contributed by atoms with Crippen molar-refractivity contribution in [2.75, 3.05) is 6.54 Å². The van der Waals surface area contributed by atoms with E-state index < -0.39 is 16.0 Å². The fourth-order valence-electron chi connectivity index (χ4n) is 4.38. The lowest BCUT2D eigenvalue weighted by atomic mass is 10.1. The van der Waals surface area contributed by atoms with E-state index in [-0.39, 0.29) is 23.7 Å². The molecule has 1 N–H and O–H groups in total. The number of pyridine rings is 1. The Morgan fingerprint density at radius 1 is 1.00 bits per heavy atom. The smallest absolute Gasteiger partial charge is 0.372 e. The molecule has 8 heteroatoms. The number of carbonyl (C=O) groups is 1. The molecular formula is C28H24N2O5S. The molecule has 2 heterocycles. The third-order valence-electron chi connectivity index (χ3n) is 6.30. The summed E-state index contributed by atoms with van der Waals surface area (Å²) in [5.41, 5.74) is 3.31. The number of carboxylic acids is 1. The zero-order valence-corrected chi connectivity index (χ0v) is 20.4. The Labute approximate surface area is 208 Å². The lowest BCUT2D eigenvalue weighted by Crippen LogP contribution is -2.32. The molecule has 5 aromatic rings. The van der Waals surface area contributed by atoms with Gasteiger partial charge in [-0.1, -0.05) is 54.6 Å². The van der Waals surface area contributed by atoms with Crippen LogP contribution in [-0.2, 0) is 23.0 Å². The minimum Gasteiger partial charge on any atom is -0.475 e. The van der Waals surface area contributed by atoms with Gasteiger partial charge in [-0.15, -0.1) is 0 Å². The van der Waals surface area contributed by atoms with Crippen molar-refractivity contribution in [2.45, 2.75) is 24.8 Å². The van der Waals surface area contributed by atoms with Crippen molar-refractivity contribution in [1.29, 1.82) is 0 Å². The summed E-state index contributed by atoms with van der Waals surface area (Å²) >= 11 is 0. The third-order valence-corrected chi connectivity index (χ3v) is 8.14. The van der Waals surface area contributed by atoms with Crippen molar-refractivity contribution in [3.8, 4) is 0 Å². The highest BCUT2D eigenvalue weighted by Gasteiger charge is 2.27. The second kappa shape index (κ2) is 9.56. The predicted molar refractivity (Wildman–Crippen MR) is 137 cm³/mol. The first-order valence-corrected chi connectivity index (χ1v) is 12.9. The monoisotopic (exact) mass is 500 g/mol. The van der Waals surface area contributed by atoms with E-state index in [9.17, 15) is 18.3 Å². The van der Waals surface area contributed by atoms with Gasteiger partial charge in [0.2, 0.25) is 15.8 Å². The third kappa shape index (κ3) is 4.48. The number of carboxylic acid groups (broad SMARTS) is 1. The molecule has 2 aromatic heterocycles. The van der Waals surface area contributed by atoms with Crippen LogP contribution in [0.15, 0.2) is 94.4 Å². The van der Waals surface area contributed by atoms with E-state index in [1.165, 1.54) is 22.5 Å². The highest BCUT2D eigenvalue weighted by Crippen LogP contribution is 2.30. The number of aromatic nitrogens is 1. The molecule has 0 radical (unpaired) electrons. The second-order valence-electron chi connectivity index (χ2n) is 8.59. The summed E-state index contributed by atoms with van der Waals surface area (Å²) in [6.07, 6.45) is 2.23. The van der Waals surface area contributed by atoms with Crippen LogP contribution in [0.5, 0.6) is 0 Å². The van der Waals surface area contributed by atoms with E-state index in [4.69, 9.17) is 4.42 Å². The molecule has 0 aliphatic rings. The zero-order valence-electron chi connectivity index (χ0n) is 19.6. The van der Waals surface area contributed by atoms with Crippen molar-refractivity contribution >= 4 is 37.9 Å². The number of aromatic carboxylic acids is 1. The van der Waals surface area contributed by atoms with Gasteiger partial charge in [0.15, 0.2) is 0 Å². The van der Waals surface area contributed by atoms with Crippen molar-refractivity contribution in [3.63, 3.8) is 0 Å². The molecule has 0 atom stereocenters. The molecule has 7 nitrogen and oxygen atoms in total. The normalized spacial score (nSPS) is 11.9. The number of fused-ring (bicyclic) bond motifs is 2. The molecule has 0 aliphatic carbocycles.